The highest BCUT2D eigenvalue weighted by molar-refractivity contribution is 5.79. The van der Waals surface area contributed by atoms with Crippen LogP contribution in [0.5, 0.6) is 0 Å². The lowest BCUT2D eigenvalue weighted by Crippen LogP contribution is -2.37. The molecule has 0 fully saturated rings. The zero-order valence-electron chi connectivity index (χ0n) is 17.3. The van der Waals surface area contributed by atoms with E-state index in [1.165, 1.54) is 6.42 Å². The van der Waals surface area contributed by atoms with E-state index < -0.39 is 0 Å². The minimum absolute atomic E-state index is 0.566. The smallest absolute Gasteiger partial charge is 0.257 e. The van der Waals surface area contributed by atoms with Gasteiger partial charge >= 0.3 is 0 Å². The van der Waals surface area contributed by atoms with Gasteiger partial charge in [-0.1, -0.05) is 37.6 Å². The van der Waals surface area contributed by atoms with Crippen LogP contribution >= 0.6 is 0 Å². The maximum atomic E-state index is 5.57. The minimum Gasteiger partial charge on any atom is -0.381 e. The minimum atomic E-state index is 0.566. The molecule has 2 rings (SSSR count). The number of ether oxygens (including phenoxy) is 1. The second kappa shape index (κ2) is 12.9. The molecule has 0 spiro atoms. The Bertz CT molecular complexity index is 714. The Morgan fingerprint density at radius 1 is 1.14 bits per heavy atom. The van der Waals surface area contributed by atoms with Gasteiger partial charge in [-0.2, -0.15) is 4.98 Å². The molecule has 2 aromatic rings. The molecular formula is C21H33N5O2. The van der Waals surface area contributed by atoms with Crippen LogP contribution in [0.1, 0.15) is 50.9 Å². The van der Waals surface area contributed by atoms with Crippen LogP contribution in [-0.2, 0) is 17.7 Å². The van der Waals surface area contributed by atoms with E-state index in [4.69, 9.17) is 9.26 Å². The molecule has 0 unspecified atom stereocenters. The van der Waals surface area contributed by atoms with E-state index in [-0.39, 0.29) is 0 Å². The van der Waals surface area contributed by atoms with Crippen molar-refractivity contribution in [1.82, 2.24) is 20.8 Å². The number of aliphatic imine (C=N–C) groups is 1. The Hall–Kier alpha value is -2.41. The van der Waals surface area contributed by atoms with E-state index in [9.17, 15) is 0 Å². The molecular weight excluding hydrogens is 354 g/mol. The Balaban J connectivity index is 1.77. The zero-order chi connectivity index (χ0) is 20.0. The van der Waals surface area contributed by atoms with E-state index in [0.29, 0.717) is 12.4 Å². The molecule has 0 amide bonds. The third kappa shape index (κ3) is 7.68. The van der Waals surface area contributed by atoms with Crippen molar-refractivity contribution in [1.29, 1.82) is 0 Å². The predicted molar refractivity (Wildman–Crippen MR) is 112 cm³/mol. The van der Waals surface area contributed by atoms with Crippen molar-refractivity contribution in [2.45, 2.75) is 52.5 Å². The van der Waals surface area contributed by atoms with Gasteiger partial charge in [-0.25, -0.2) is 0 Å². The summed E-state index contributed by atoms with van der Waals surface area (Å²) in [5.74, 6) is 2.10. The van der Waals surface area contributed by atoms with E-state index in [2.05, 4.69) is 51.7 Å². The van der Waals surface area contributed by atoms with E-state index in [1.807, 2.05) is 12.1 Å². The Kier molecular flexibility index (Phi) is 10.1. The second-order valence-corrected chi connectivity index (χ2v) is 6.64. The molecule has 1 aromatic carbocycles. The van der Waals surface area contributed by atoms with Crippen LogP contribution in [0.3, 0.4) is 0 Å². The number of nitrogens with zero attached hydrogens (tertiary/aromatic N) is 3. The number of unbranched alkanes of at least 4 members (excludes halogenated alkanes) is 1. The molecule has 7 nitrogen and oxygen atoms in total. The average molecular weight is 388 g/mol. The average Bonchev–Trinajstić information content (AvgIpc) is 3.19. The van der Waals surface area contributed by atoms with Gasteiger partial charge in [0.05, 0.1) is 0 Å². The molecule has 0 saturated heterocycles. The Labute approximate surface area is 168 Å². The first-order valence-corrected chi connectivity index (χ1v) is 10.2. The normalized spacial score (nSPS) is 11.6. The highest BCUT2D eigenvalue weighted by atomic mass is 16.5. The maximum Gasteiger partial charge on any atom is 0.257 e. The first-order chi connectivity index (χ1) is 13.8. The molecule has 0 atom stereocenters. The van der Waals surface area contributed by atoms with Gasteiger partial charge in [0, 0.05) is 45.3 Å². The van der Waals surface area contributed by atoms with Crippen LogP contribution in [0.15, 0.2) is 33.8 Å². The van der Waals surface area contributed by atoms with Crippen LogP contribution in [-0.4, -0.2) is 42.9 Å². The lowest BCUT2D eigenvalue weighted by atomic mass is 10.1. The van der Waals surface area contributed by atoms with E-state index >= 15 is 0 Å². The number of aryl methyl sites for hydroxylation is 1. The van der Waals surface area contributed by atoms with Crippen molar-refractivity contribution in [3.63, 3.8) is 0 Å². The van der Waals surface area contributed by atoms with Gasteiger partial charge in [-0.3, -0.25) is 4.99 Å². The number of rotatable bonds is 12. The van der Waals surface area contributed by atoms with Crippen molar-refractivity contribution in [2.75, 3.05) is 26.8 Å². The highest BCUT2D eigenvalue weighted by Crippen LogP contribution is 2.18. The molecule has 0 aliphatic rings. The molecule has 28 heavy (non-hydrogen) atoms. The summed E-state index contributed by atoms with van der Waals surface area (Å²) in [6, 6.07) is 8.11. The van der Waals surface area contributed by atoms with Gasteiger partial charge in [0.15, 0.2) is 11.8 Å². The van der Waals surface area contributed by atoms with Crippen LogP contribution in [0, 0.1) is 0 Å². The topological polar surface area (TPSA) is 84.6 Å². The fourth-order valence-electron chi connectivity index (χ4n) is 2.65. The first kappa shape index (κ1) is 21.9. The molecule has 2 N–H and O–H groups in total. The molecule has 0 radical (unpaired) electrons. The van der Waals surface area contributed by atoms with Gasteiger partial charge in [0.2, 0.25) is 0 Å². The fraction of sp³-hybridized carbons (Fsp3) is 0.571. The lowest BCUT2D eigenvalue weighted by molar-refractivity contribution is 0.129. The number of nitrogens with one attached hydrogen (secondary N) is 2. The standard InChI is InChI=1S/C21H33N5O2/c1-4-6-13-27-14-8-12-23-21(22-3)24-16-17-10-7-11-18(15-17)20-25-19(9-5-2)26-28-20/h7,10-11,15H,4-6,8-9,12-14,16H2,1-3H3,(H2,22,23,24). The van der Waals surface area contributed by atoms with Crippen molar-refractivity contribution in [3.05, 3.63) is 35.7 Å². The number of benzene rings is 1. The summed E-state index contributed by atoms with van der Waals surface area (Å²) in [4.78, 5) is 8.72. The van der Waals surface area contributed by atoms with Crippen molar-refractivity contribution in [3.8, 4) is 11.5 Å². The number of aromatic nitrogens is 2. The molecule has 0 bridgehead atoms. The molecule has 0 aliphatic carbocycles. The van der Waals surface area contributed by atoms with Crippen LogP contribution in [0.25, 0.3) is 11.5 Å². The molecule has 154 valence electrons. The SMILES string of the molecule is CCCCOCCCNC(=NC)NCc1cccc(-c2nc(CCC)no2)c1. The van der Waals surface area contributed by atoms with E-state index in [1.54, 1.807) is 7.05 Å². The molecule has 0 saturated carbocycles. The summed E-state index contributed by atoms with van der Waals surface area (Å²) in [5, 5.41) is 10.7. The number of hydrogen-bond acceptors (Lipinski definition) is 5. The Morgan fingerprint density at radius 2 is 2.00 bits per heavy atom. The summed E-state index contributed by atoms with van der Waals surface area (Å²) < 4.78 is 10.9. The zero-order valence-corrected chi connectivity index (χ0v) is 17.3. The molecule has 7 heteroatoms. The molecule has 0 aliphatic heterocycles. The van der Waals surface area contributed by atoms with Gasteiger partial charge in [0.25, 0.3) is 5.89 Å². The van der Waals surface area contributed by atoms with Crippen LogP contribution in [0.4, 0.5) is 0 Å². The van der Waals surface area contributed by atoms with Crippen molar-refractivity contribution in [2.24, 2.45) is 4.99 Å². The summed E-state index contributed by atoms with van der Waals surface area (Å²) in [6.45, 7) is 7.38. The maximum absolute atomic E-state index is 5.57. The predicted octanol–water partition coefficient (Wildman–Crippen LogP) is 3.56. The van der Waals surface area contributed by atoms with E-state index in [0.717, 1.165) is 68.4 Å². The van der Waals surface area contributed by atoms with Crippen molar-refractivity contribution < 1.29 is 9.26 Å². The molecule has 1 heterocycles. The second-order valence-electron chi connectivity index (χ2n) is 6.64. The van der Waals surface area contributed by atoms with Gasteiger partial charge < -0.3 is 19.9 Å². The largest absolute Gasteiger partial charge is 0.381 e. The Morgan fingerprint density at radius 3 is 2.79 bits per heavy atom. The van der Waals surface area contributed by atoms with Gasteiger partial charge in [-0.15, -0.1) is 0 Å². The summed E-state index contributed by atoms with van der Waals surface area (Å²) in [5.41, 5.74) is 2.06. The van der Waals surface area contributed by atoms with Gasteiger partial charge in [-0.05, 0) is 37.0 Å². The monoisotopic (exact) mass is 387 g/mol. The third-order valence-electron chi connectivity index (χ3n) is 4.20. The third-order valence-corrected chi connectivity index (χ3v) is 4.20. The highest BCUT2D eigenvalue weighted by Gasteiger charge is 2.09. The quantitative estimate of drug-likeness (QED) is 0.329. The van der Waals surface area contributed by atoms with Gasteiger partial charge in [0.1, 0.15) is 0 Å². The van der Waals surface area contributed by atoms with Crippen LogP contribution in [0.2, 0.25) is 0 Å². The summed E-state index contributed by atoms with van der Waals surface area (Å²) in [7, 11) is 1.78. The summed E-state index contributed by atoms with van der Waals surface area (Å²) >= 11 is 0. The molecule has 1 aromatic heterocycles. The van der Waals surface area contributed by atoms with Crippen molar-refractivity contribution >= 4 is 5.96 Å². The lowest BCUT2D eigenvalue weighted by Gasteiger charge is -2.12. The van der Waals surface area contributed by atoms with Crippen LogP contribution < -0.4 is 10.6 Å². The number of hydrogen-bond donors (Lipinski definition) is 2. The number of guanidine groups is 1. The fourth-order valence-corrected chi connectivity index (χ4v) is 2.65. The first-order valence-electron chi connectivity index (χ1n) is 10.2. The summed E-state index contributed by atoms with van der Waals surface area (Å²) in [6.07, 6.45) is 5.08.